The molecule has 0 fully saturated rings. The molecule has 0 aromatic heterocycles. The van der Waals surface area contributed by atoms with Gasteiger partial charge in [-0.15, -0.1) is 0 Å². The minimum atomic E-state index is -0.189. The number of hydrogen-bond acceptors (Lipinski definition) is 1. The van der Waals surface area contributed by atoms with Gasteiger partial charge in [0.1, 0.15) is 13.1 Å². The van der Waals surface area contributed by atoms with E-state index in [0.29, 0.717) is 0 Å². The van der Waals surface area contributed by atoms with Gasteiger partial charge in [-0.2, -0.15) is 0 Å². The quantitative estimate of drug-likeness (QED) is 0.103. The largest absolute Gasteiger partial charge is 1.00 e. The van der Waals surface area contributed by atoms with Gasteiger partial charge in [0.15, 0.2) is 6.10 Å². The first-order valence-corrected chi connectivity index (χ1v) is 12.4. The Balaban J connectivity index is -0.000000607. The van der Waals surface area contributed by atoms with E-state index in [1.807, 2.05) is 0 Å². The van der Waals surface area contributed by atoms with E-state index in [4.69, 9.17) is 0 Å². The second kappa shape index (κ2) is 30.0. The minimum absolute atomic E-state index is 0. The van der Waals surface area contributed by atoms with Gasteiger partial charge in [-0.1, -0.05) is 40.5 Å². The van der Waals surface area contributed by atoms with Crippen LogP contribution >= 0.6 is 0 Å². The summed E-state index contributed by atoms with van der Waals surface area (Å²) in [5, 5.41) is 14.9. The second-order valence-corrected chi connectivity index (χ2v) is 9.37. The molecule has 4 unspecified atom stereocenters. The summed E-state index contributed by atoms with van der Waals surface area (Å²) in [5.74, 6) is 3.10. The Labute approximate surface area is 224 Å². The normalized spacial score (nSPS) is 15.1. The van der Waals surface area contributed by atoms with Gasteiger partial charge in [0, 0.05) is 23.7 Å². The molecule has 0 aliphatic carbocycles. The van der Waals surface area contributed by atoms with Gasteiger partial charge in [0.25, 0.3) is 0 Å². The second-order valence-electron chi connectivity index (χ2n) is 9.37. The zero-order chi connectivity index (χ0) is 21.2. The van der Waals surface area contributed by atoms with Crippen molar-refractivity contribution in [2.75, 3.05) is 39.3 Å². The van der Waals surface area contributed by atoms with Crippen molar-refractivity contribution >= 4 is 0 Å². The molecule has 0 saturated carbocycles. The van der Waals surface area contributed by atoms with Crippen LogP contribution in [0.5, 0.6) is 0 Å². The Bertz CT molecular complexity index is 309. The monoisotopic (exact) mass is 544 g/mol. The van der Waals surface area contributed by atoms with Crippen LogP contribution in [0.1, 0.15) is 79.1 Å². The molecule has 9 heteroatoms. The maximum Gasteiger partial charge on any atom is 0.151 e. The van der Waals surface area contributed by atoms with Gasteiger partial charge in [0.05, 0.1) is 26.2 Å². The zero-order valence-corrected chi connectivity index (χ0v) is 24.3. The molecule has 0 aliphatic heterocycles. The van der Waals surface area contributed by atoms with Crippen LogP contribution in [0.4, 0.5) is 0 Å². The fourth-order valence-electron chi connectivity index (χ4n) is 4.09. The minimum Gasteiger partial charge on any atom is -1.00 e. The van der Waals surface area contributed by atoms with Crippen LogP contribution in [0, 0.1) is 23.7 Å². The summed E-state index contributed by atoms with van der Waals surface area (Å²) in [4.78, 5) is 0. The average Bonchev–Trinajstić information content (AvgIpc) is 2.68. The first kappa shape index (κ1) is 43.1. The number of nitrogens with two attached hydrogens (primary N) is 2. The van der Waals surface area contributed by atoms with E-state index in [2.05, 4.69) is 49.8 Å². The van der Waals surface area contributed by atoms with E-state index in [9.17, 15) is 5.11 Å². The van der Waals surface area contributed by atoms with Crippen LogP contribution < -0.4 is 71.7 Å². The summed E-state index contributed by atoms with van der Waals surface area (Å²) < 4.78 is 0. The first-order chi connectivity index (χ1) is 13.5. The van der Waals surface area contributed by atoms with Gasteiger partial charge in [-0.05, 0) is 38.5 Å². The summed E-state index contributed by atoms with van der Waals surface area (Å²) in [6, 6.07) is 0. The molecule has 0 aromatic carbocycles. The van der Waals surface area contributed by atoms with E-state index in [0.717, 1.165) is 62.9 Å². The number of aliphatic hydroxyl groups excluding tert-OH is 1. The Morgan fingerprint density at radius 3 is 1.25 bits per heavy atom. The number of halogens is 4. The molecule has 5 nitrogen and oxygen atoms in total. The molecule has 0 spiro atoms. The molecule has 0 radical (unpaired) electrons. The van der Waals surface area contributed by atoms with Crippen molar-refractivity contribution in [1.82, 2.24) is 0 Å². The van der Waals surface area contributed by atoms with E-state index >= 15 is 0 Å². The highest BCUT2D eigenvalue weighted by molar-refractivity contribution is 4.59. The Kier molecular flexibility index (Phi) is 40.4. The number of aliphatic hydroxyl groups is 1. The van der Waals surface area contributed by atoms with Crippen LogP contribution in [-0.2, 0) is 0 Å². The number of hydrogen-bond donors (Lipinski definition) is 5. The lowest BCUT2D eigenvalue weighted by molar-refractivity contribution is -0.695. The summed E-state index contributed by atoms with van der Waals surface area (Å²) in [5.41, 5.74) is 8.10. The maximum absolute atomic E-state index is 10.2. The first-order valence-electron chi connectivity index (χ1n) is 12.4. The van der Waals surface area contributed by atoms with E-state index in [1.54, 1.807) is 0 Å². The molecule has 202 valence electrons. The highest BCUT2D eigenvalue weighted by Gasteiger charge is 2.13. The topological polar surface area (TPSA) is 109 Å². The summed E-state index contributed by atoms with van der Waals surface area (Å²) in [7, 11) is 0. The molecule has 0 heterocycles. The molecule has 0 aromatic rings. The zero-order valence-electron chi connectivity index (χ0n) is 21.3. The van der Waals surface area contributed by atoms with Gasteiger partial charge < -0.3 is 76.8 Å². The van der Waals surface area contributed by atoms with Gasteiger partial charge in [0.2, 0.25) is 0 Å². The smallest absolute Gasteiger partial charge is 0.151 e. The molecule has 11 N–H and O–H groups in total. The van der Waals surface area contributed by atoms with E-state index in [-0.39, 0.29) is 55.7 Å². The third-order valence-corrected chi connectivity index (χ3v) is 6.61. The van der Waals surface area contributed by atoms with Crippen LogP contribution in [0.3, 0.4) is 0 Å². The third kappa shape index (κ3) is 25.6. The summed E-state index contributed by atoms with van der Waals surface area (Å²) >= 11 is 0. The molecular weight excluding hydrogens is 490 g/mol. The van der Waals surface area contributed by atoms with Gasteiger partial charge in [-0.3, -0.25) is 0 Å². The Morgan fingerprint density at radius 2 is 0.969 bits per heavy atom. The maximum atomic E-state index is 10.2. The molecular formula is C23H56Cl4N4O. The van der Waals surface area contributed by atoms with Gasteiger partial charge in [-0.25, -0.2) is 0 Å². The highest BCUT2D eigenvalue weighted by atomic mass is 35.5. The van der Waals surface area contributed by atoms with Gasteiger partial charge >= 0.3 is 0 Å². The van der Waals surface area contributed by atoms with Crippen LogP contribution in [0.2, 0.25) is 0 Å². The van der Waals surface area contributed by atoms with Crippen molar-refractivity contribution < 1.29 is 76.8 Å². The molecule has 0 aliphatic rings. The standard InChI is InChI=1S/C23H52N4O.4ClH/c1-5-21(13-24)11-7-9-19(3)15-26-17-23(28)18-27-16-20(4)10-8-12-22(6-2)14-25;;;;/h19-23,26-28H,5-18,24-25H2,1-4H3;4*1H. The van der Waals surface area contributed by atoms with Crippen molar-refractivity contribution in [3.8, 4) is 0 Å². The predicted octanol–water partition coefficient (Wildman–Crippen LogP) is -12.4. The predicted molar refractivity (Wildman–Crippen MR) is 118 cm³/mol. The van der Waals surface area contributed by atoms with E-state index < -0.39 is 0 Å². The van der Waals surface area contributed by atoms with Crippen LogP contribution in [0.15, 0.2) is 0 Å². The van der Waals surface area contributed by atoms with E-state index in [1.165, 1.54) is 51.4 Å². The third-order valence-electron chi connectivity index (χ3n) is 6.61. The molecule has 0 amide bonds. The van der Waals surface area contributed by atoms with Crippen molar-refractivity contribution in [2.45, 2.75) is 85.2 Å². The lowest BCUT2D eigenvalue weighted by atomic mass is 9.96. The molecule has 4 atom stereocenters. The van der Waals surface area contributed by atoms with Crippen molar-refractivity contribution in [1.29, 1.82) is 0 Å². The fourth-order valence-corrected chi connectivity index (χ4v) is 4.09. The molecule has 0 saturated heterocycles. The van der Waals surface area contributed by atoms with Crippen LogP contribution in [0.25, 0.3) is 0 Å². The SMILES string of the molecule is CCC(C[NH3+])CCCC(C)C[NH2+]CC(O)C[NH2+]CC(C)CCCC(CC)C[NH3+].[Cl-].[Cl-].[Cl-].[Cl-]. The lowest BCUT2D eigenvalue weighted by Crippen LogP contribution is -3.00. The van der Waals surface area contributed by atoms with Crippen LogP contribution in [-0.4, -0.2) is 50.5 Å². The Hall–Kier alpha value is 0.960. The van der Waals surface area contributed by atoms with Crippen molar-refractivity contribution in [3.63, 3.8) is 0 Å². The molecule has 32 heavy (non-hydrogen) atoms. The highest BCUT2D eigenvalue weighted by Crippen LogP contribution is 2.14. The summed E-state index contributed by atoms with van der Waals surface area (Å²) in [6.07, 6.45) is 10.3. The average molecular weight is 547 g/mol. The lowest BCUT2D eigenvalue weighted by Gasteiger charge is -2.15. The Morgan fingerprint density at radius 1 is 0.625 bits per heavy atom. The number of quaternary nitrogens is 4. The summed E-state index contributed by atoms with van der Waals surface area (Å²) in [6.45, 7) is 15.4. The van der Waals surface area contributed by atoms with Crippen molar-refractivity contribution in [2.24, 2.45) is 23.7 Å². The van der Waals surface area contributed by atoms with Crippen molar-refractivity contribution in [3.05, 3.63) is 0 Å². The molecule has 0 rings (SSSR count). The molecule has 0 bridgehead atoms. The number of rotatable bonds is 20. The fraction of sp³-hybridized carbons (Fsp3) is 1.00.